The summed E-state index contributed by atoms with van der Waals surface area (Å²) >= 11 is 0. The van der Waals surface area contributed by atoms with E-state index >= 15 is 0 Å². The molecule has 1 amide bonds. The third-order valence-corrected chi connectivity index (χ3v) is 5.03. The largest absolute Gasteiger partial charge is 0.481 e. The first-order valence-electron chi connectivity index (χ1n) is 8.22. The molecule has 2 heterocycles. The number of benzene rings is 1. The molecule has 11 heteroatoms. The Bertz CT molecular complexity index is 1080. The van der Waals surface area contributed by atoms with E-state index in [1.165, 1.54) is 50.7 Å². The van der Waals surface area contributed by atoms with Crippen LogP contribution in [0.15, 0.2) is 59.8 Å². The minimum absolute atomic E-state index is 0.0114. The molecule has 0 aliphatic heterocycles. The van der Waals surface area contributed by atoms with Crippen LogP contribution in [-0.2, 0) is 10.0 Å². The highest BCUT2D eigenvalue weighted by Crippen LogP contribution is 2.21. The van der Waals surface area contributed by atoms with Crippen LogP contribution in [-0.4, -0.2) is 43.5 Å². The Balaban J connectivity index is 1.75. The molecule has 2 aromatic heterocycles. The van der Waals surface area contributed by atoms with Crippen LogP contribution in [0.4, 0.5) is 11.5 Å². The number of nitrogens with zero attached hydrogens (tertiary/aromatic N) is 3. The van der Waals surface area contributed by atoms with Crippen molar-refractivity contribution in [3.8, 4) is 11.9 Å². The van der Waals surface area contributed by atoms with Gasteiger partial charge in [0.1, 0.15) is 0 Å². The molecule has 0 atom stereocenters. The lowest BCUT2D eigenvalue weighted by atomic mass is 10.2. The Morgan fingerprint density at radius 2 is 1.79 bits per heavy atom. The fourth-order valence-electron chi connectivity index (χ4n) is 2.27. The van der Waals surface area contributed by atoms with Crippen molar-refractivity contribution < 1.29 is 22.7 Å². The molecule has 0 radical (unpaired) electrons. The van der Waals surface area contributed by atoms with E-state index in [1.807, 2.05) is 0 Å². The predicted octanol–water partition coefficient (Wildman–Crippen LogP) is 1.94. The van der Waals surface area contributed by atoms with Gasteiger partial charge in [0, 0.05) is 24.1 Å². The van der Waals surface area contributed by atoms with E-state index in [4.69, 9.17) is 9.47 Å². The molecule has 150 valence electrons. The van der Waals surface area contributed by atoms with Crippen LogP contribution in [0.3, 0.4) is 0 Å². The highest BCUT2D eigenvalue weighted by atomic mass is 32.2. The molecule has 3 aromatic rings. The van der Waals surface area contributed by atoms with Gasteiger partial charge in [0.25, 0.3) is 15.9 Å². The molecule has 29 heavy (non-hydrogen) atoms. The third-order valence-electron chi connectivity index (χ3n) is 3.66. The number of nitrogens with one attached hydrogen (secondary N) is 2. The summed E-state index contributed by atoms with van der Waals surface area (Å²) in [6.07, 6.45) is 2.99. The first-order chi connectivity index (χ1) is 13.9. The minimum atomic E-state index is -3.93. The summed E-state index contributed by atoms with van der Waals surface area (Å²) in [6, 6.07) is 10.2. The number of pyridine rings is 1. The highest BCUT2D eigenvalue weighted by Gasteiger charge is 2.17. The van der Waals surface area contributed by atoms with Crippen molar-refractivity contribution >= 4 is 27.4 Å². The SMILES string of the molecule is COc1cc(NS(=O)(=O)c2ccc(NC(=O)c3cccnc3)cc2)nc(OC)n1. The van der Waals surface area contributed by atoms with E-state index in [0.717, 1.165) is 0 Å². The Morgan fingerprint density at radius 3 is 2.41 bits per heavy atom. The lowest BCUT2D eigenvalue weighted by molar-refractivity contribution is 0.102. The van der Waals surface area contributed by atoms with E-state index in [9.17, 15) is 13.2 Å². The van der Waals surface area contributed by atoms with Gasteiger partial charge in [-0.3, -0.25) is 14.5 Å². The van der Waals surface area contributed by atoms with Crippen LogP contribution in [0.2, 0.25) is 0 Å². The fourth-order valence-corrected chi connectivity index (χ4v) is 3.26. The summed E-state index contributed by atoms with van der Waals surface area (Å²) in [5.74, 6) is -0.224. The summed E-state index contributed by atoms with van der Waals surface area (Å²) in [5.41, 5.74) is 0.820. The molecule has 0 unspecified atom stereocenters. The summed E-state index contributed by atoms with van der Waals surface area (Å²) in [6.45, 7) is 0. The lowest BCUT2D eigenvalue weighted by Crippen LogP contribution is -2.15. The number of hydrogen-bond acceptors (Lipinski definition) is 8. The summed E-state index contributed by atoms with van der Waals surface area (Å²) in [5, 5.41) is 2.67. The lowest BCUT2D eigenvalue weighted by Gasteiger charge is -2.10. The van der Waals surface area contributed by atoms with Crippen LogP contribution in [0.1, 0.15) is 10.4 Å². The van der Waals surface area contributed by atoms with Gasteiger partial charge >= 0.3 is 6.01 Å². The van der Waals surface area contributed by atoms with Crippen molar-refractivity contribution in [2.75, 3.05) is 24.3 Å². The number of ether oxygens (including phenoxy) is 2. The Hall–Kier alpha value is -3.73. The molecule has 0 fully saturated rings. The van der Waals surface area contributed by atoms with Crippen LogP contribution in [0.5, 0.6) is 11.9 Å². The average Bonchev–Trinajstić information content (AvgIpc) is 2.74. The van der Waals surface area contributed by atoms with E-state index in [1.54, 1.807) is 18.3 Å². The van der Waals surface area contributed by atoms with Crippen molar-refractivity contribution in [1.29, 1.82) is 0 Å². The molecule has 0 saturated carbocycles. The number of carbonyl (C=O) groups is 1. The predicted molar refractivity (Wildman–Crippen MR) is 105 cm³/mol. The zero-order chi connectivity index (χ0) is 20.9. The maximum Gasteiger partial charge on any atom is 0.321 e. The van der Waals surface area contributed by atoms with Gasteiger partial charge in [0.2, 0.25) is 5.88 Å². The highest BCUT2D eigenvalue weighted by molar-refractivity contribution is 7.92. The average molecular weight is 415 g/mol. The topological polar surface area (TPSA) is 132 Å². The molecule has 0 spiro atoms. The number of sulfonamides is 1. The molecule has 1 aromatic carbocycles. The molecule has 0 saturated heterocycles. The monoisotopic (exact) mass is 415 g/mol. The first-order valence-corrected chi connectivity index (χ1v) is 9.71. The van der Waals surface area contributed by atoms with Crippen molar-refractivity contribution in [3.05, 3.63) is 60.4 Å². The smallest absolute Gasteiger partial charge is 0.321 e. The summed E-state index contributed by atoms with van der Waals surface area (Å²) < 4.78 is 37.5. The van der Waals surface area contributed by atoms with Gasteiger partial charge in [-0.05, 0) is 36.4 Å². The number of aromatic nitrogens is 3. The number of methoxy groups -OCH3 is 2. The first kappa shape index (κ1) is 20.0. The number of carbonyl (C=O) groups excluding carboxylic acids is 1. The van der Waals surface area contributed by atoms with Crippen LogP contribution in [0, 0.1) is 0 Å². The van der Waals surface area contributed by atoms with Crippen LogP contribution >= 0.6 is 0 Å². The maximum absolute atomic E-state index is 12.6. The van der Waals surface area contributed by atoms with Gasteiger partial charge in [-0.1, -0.05) is 0 Å². The molecule has 2 N–H and O–H groups in total. The quantitative estimate of drug-likeness (QED) is 0.598. The molecule has 3 rings (SSSR count). The van der Waals surface area contributed by atoms with Gasteiger partial charge in [-0.2, -0.15) is 9.97 Å². The molecular weight excluding hydrogens is 398 g/mol. The fraction of sp³-hybridized carbons (Fsp3) is 0.111. The van der Waals surface area contributed by atoms with Gasteiger partial charge < -0.3 is 14.8 Å². The number of amides is 1. The molecule has 0 aliphatic rings. The third kappa shape index (κ3) is 4.96. The van der Waals surface area contributed by atoms with Crippen molar-refractivity contribution in [2.45, 2.75) is 4.90 Å². The second kappa shape index (κ2) is 8.52. The zero-order valence-electron chi connectivity index (χ0n) is 15.5. The molecule has 0 aliphatic carbocycles. The van der Waals surface area contributed by atoms with E-state index in [-0.39, 0.29) is 28.5 Å². The molecule has 0 bridgehead atoms. The normalized spacial score (nSPS) is 10.8. The van der Waals surface area contributed by atoms with E-state index < -0.39 is 10.0 Å². The van der Waals surface area contributed by atoms with Crippen LogP contribution < -0.4 is 19.5 Å². The van der Waals surface area contributed by atoms with E-state index in [2.05, 4.69) is 25.0 Å². The second-order valence-electron chi connectivity index (χ2n) is 5.61. The Labute approximate surface area is 167 Å². The molecule has 10 nitrogen and oxygen atoms in total. The number of hydrogen-bond donors (Lipinski definition) is 2. The zero-order valence-corrected chi connectivity index (χ0v) is 16.3. The Kier molecular flexibility index (Phi) is 5.88. The molecular formula is C18H17N5O5S. The van der Waals surface area contributed by atoms with Gasteiger partial charge in [0.05, 0.1) is 24.7 Å². The Morgan fingerprint density at radius 1 is 1.03 bits per heavy atom. The maximum atomic E-state index is 12.6. The standard InChI is InChI=1S/C18H17N5O5S/c1-27-16-10-15(21-18(22-16)28-2)23-29(25,26)14-7-5-13(6-8-14)20-17(24)12-4-3-9-19-11-12/h3-11H,1-2H3,(H,20,24)(H,21,22,23). The van der Waals surface area contributed by atoms with Gasteiger partial charge in [-0.15, -0.1) is 0 Å². The van der Waals surface area contributed by atoms with E-state index in [0.29, 0.717) is 11.3 Å². The van der Waals surface area contributed by atoms with Gasteiger partial charge in [0.15, 0.2) is 5.82 Å². The minimum Gasteiger partial charge on any atom is -0.481 e. The van der Waals surface area contributed by atoms with Crippen molar-refractivity contribution in [2.24, 2.45) is 0 Å². The van der Waals surface area contributed by atoms with Crippen molar-refractivity contribution in [3.63, 3.8) is 0 Å². The van der Waals surface area contributed by atoms with Gasteiger partial charge in [-0.25, -0.2) is 8.42 Å². The van der Waals surface area contributed by atoms with Crippen LogP contribution in [0.25, 0.3) is 0 Å². The summed E-state index contributed by atoms with van der Waals surface area (Å²) in [7, 11) is -1.19. The summed E-state index contributed by atoms with van der Waals surface area (Å²) in [4.78, 5) is 23.8. The second-order valence-corrected chi connectivity index (χ2v) is 7.29. The number of anilines is 2. The van der Waals surface area contributed by atoms with Crippen molar-refractivity contribution in [1.82, 2.24) is 15.0 Å². The number of rotatable bonds is 7.